The minimum absolute atomic E-state index is 0.915. The highest BCUT2D eigenvalue weighted by molar-refractivity contribution is 4.94. The van der Waals surface area contributed by atoms with Gasteiger partial charge < -0.3 is 4.98 Å². The average Bonchev–Trinajstić information content (AvgIpc) is 2.77. The largest absolute Gasteiger partial charge is 0.347 e. The summed E-state index contributed by atoms with van der Waals surface area (Å²) in [6.07, 6.45) is 6.35. The quantitative estimate of drug-likeness (QED) is 0.812. The van der Waals surface area contributed by atoms with Gasteiger partial charge in [-0.1, -0.05) is 20.8 Å². The summed E-state index contributed by atoms with van der Waals surface area (Å²) in [5.74, 6) is 0.915. The van der Waals surface area contributed by atoms with E-state index in [4.69, 9.17) is 0 Å². The molecule has 15 heavy (non-hydrogen) atoms. The van der Waals surface area contributed by atoms with Crippen molar-refractivity contribution in [2.24, 2.45) is 5.92 Å². The number of likely N-dealkylation sites (tertiary alicyclic amines) is 1. The number of hydrogen-bond acceptors (Lipinski definition) is 2. The third-order valence-corrected chi connectivity index (χ3v) is 2.83. The number of nitrogens with one attached hydrogen (secondary N) is 1. The van der Waals surface area contributed by atoms with Crippen LogP contribution >= 0.6 is 0 Å². The molecular formula is C12H23N3. The molecule has 1 N–H and O–H groups in total. The van der Waals surface area contributed by atoms with Gasteiger partial charge in [-0.15, -0.1) is 0 Å². The Morgan fingerprint density at radius 1 is 1.40 bits per heavy atom. The molecule has 2 heterocycles. The van der Waals surface area contributed by atoms with Gasteiger partial charge >= 0.3 is 0 Å². The summed E-state index contributed by atoms with van der Waals surface area (Å²) in [4.78, 5) is 9.66. The number of hydrogen-bond donors (Lipinski definition) is 1. The van der Waals surface area contributed by atoms with E-state index in [1.165, 1.54) is 31.6 Å². The zero-order valence-corrected chi connectivity index (χ0v) is 10.2. The fourth-order valence-electron chi connectivity index (χ4n) is 1.83. The highest BCUT2D eigenvalue weighted by atomic mass is 15.1. The first-order valence-electron chi connectivity index (χ1n) is 6.04. The van der Waals surface area contributed by atoms with Gasteiger partial charge in [0.05, 0.1) is 6.33 Å². The Bertz CT molecular complexity index is 235. The zero-order valence-electron chi connectivity index (χ0n) is 10.2. The van der Waals surface area contributed by atoms with Crippen molar-refractivity contribution in [3.05, 3.63) is 18.2 Å². The summed E-state index contributed by atoms with van der Waals surface area (Å²) >= 11 is 0. The maximum atomic E-state index is 4.02. The maximum Gasteiger partial charge on any atom is 0.0922 e. The van der Waals surface area contributed by atoms with E-state index in [-0.39, 0.29) is 0 Å². The lowest BCUT2D eigenvalue weighted by Crippen LogP contribution is -2.32. The van der Waals surface area contributed by atoms with E-state index in [1.807, 2.05) is 20.0 Å². The number of imidazole rings is 1. The van der Waals surface area contributed by atoms with Crippen molar-refractivity contribution in [1.29, 1.82) is 0 Å². The Hall–Kier alpha value is -0.830. The molecule has 1 aliphatic heterocycles. The molecule has 1 aromatic heterocycles. The summed E-state index contributed by atoms with van der Waals surface area (Å²) in [5.41, 5.74) is 1.23. The van der Waals surface area contributed by atoms with Crippen LogP contribution in [0.4, 0.5) is 0 Å². The molecule has 0 bridgehead atoms. The normalized spacial score (nSPS) is 18.3. The Morgan fingerprint density at radius 3 is 2.60 bits per heavy atom. The SMILES string of the molecule is CC.CC1CCN(Cc2cnc[nH]2)CC1. The lowest BCUT2D eigenvalue weighted by molar-refractivity contribution is 0.183. The zero-order chi connectivity index (χ0) is 11.1. The third kappa shape index (κ3) is 4.04. The summed E-state index contributed by atoms with van der Waals surface area (Å²) in [5, 5.41) is 0. The van der Waals surface area contributed by atoms with Gasteiger partial charge in [-0.05, 0) is 31.8 Å². The van der Waals surface area contributed by atoms with Crippen LogP contribution in [0.2, 0.25) is 0 Å². The number of aromatic nitrogens is 2. The van der Waals surface area contributed by atoms with Crippen molar-refractivity contribution in [2.45, 2.75) is 40.2 Å². The van der Waals surface area contributed by atoms with Crippen LogP contribution in [0.5, 0.6) is 0 Å². The lowest BCUT2D eigenvalue weighted by atomic mass is 9.99. The molecule has 86 valence electrons. The molecule has 3 nitrogen and oxygen atoms in total. The van der Waals surface area contributed by atoms with E-state index in [9.17, 15) is 0 Å². The molecule has 3 heteroatoms. The topological polar surface area (TPSA) is 31.9 Å². The molecular weight excluding hydrogens is 186 g/mol. The Balaban J connectivity index is 0.000000531. The van der Waals surface area contributed by atoms with Crippen molar-refractivity contribution in [3.8, 4) is 0 Å². The molecule has 1 fully saturated rings. The Labute approximate surface area is 92.9 Å². The molecule has 0 aliphatic carbocycles. The molecule has 0 radical (unpaired) electrons. The van der Waals surface area contributed by atoms with Crippen molar-refractivity contribution >= 4 is 0 Å². The minimum Gasteiger partial charge on any atom is -0.347 e. The molecule has 2 rings (SSSR count). The molecule has 0 unspecified atom stereocenters. The van der Waals surface area contributed by atoms with Crippen molar-refractivity contribution in [1.82, 2.24) is 14.9 Å². The molecule has 0 atom stereocenters. The molecule has 1 aliphatic rings. The number of aromatic amines is 1. The van der Waals surface area contributed by atoms with E-state index < -0.39 is 0 Å². The first kappa shape index (κ1) is 12.2. The predicted octanol–water partition coefficient (Wildman–Crippen LogP) is 2.67. The molecule has 0 saturated carbocycles. The van der Waals surface area contributed by atoms with Crippen molar-refractivity contribution in [2.75, 3.05) is 13.1 Å². The second-order valence-corrected chi connectivity index (χ2v) is 4.04. The monoisotopic (exact) mass is 209 g/mol. The summed E-state index contributed by atoms with van der Waals surface area (Å²) in [7, 11) is 0. The smallest absolute Gasteiger partial charge is 0.0922 e. The summed E-state index contributed by atoms with van der Waals surface area (Å²) in [6.45, 7) is 9.85. The first-order chi connectivity index (χ1) is 7.34. The summed E-state index contributed by atoms with van der Waals surface area (Å²) < 4.78 is 0. The number of nitrogens with zero attached hydrogens (tertiary/aromatic N) is 2. The van der Waals surface area contributed by atoms with Crippen LogP contribution in [0.1, 0.15) is 39.3 Å². The van der Waals surface area contributed by atoms with Crippen LogP contribution in [0.15, 0.2) is 12.5 Å². The highest BCUT2D eigenvalue weighted by Gasteiger charge is 2.15. The van der Waals surface area contributed by atoms with Gasteiger partial charge in [-0.2, -0.15) is 0 Å². The van der Waals surface area contributed by atoms with Gasteiger partial charge in [0.15, 0.2) is 0 Å². The van der Waals surface area contributed by atoms with Crippen LogP contribution in [0, 0.1) is 5.92 Å². The molecule has 0 spiro atoms. The molecule has 0 aromatic carbocycles. The van der Waals surface area contributed by atoms with Gasteiger partial charge in [-0.25, -0.2) is 4.98 Å². The van der Waals surface area contributed by atoms with E-state index in [0.717, 1.165) is 12.5 Å². The number of rotatable bonds is 2. The average molecular weight is 209 g/mol. The third-order valence-electron chi connectivity index (χ3n) is 2.83. The van der Waals surface area contributed by atoms with Gasteiger partial charge in [-0.3, -0.25) is 4.90 Å². The predicted molar refractivity (Wildman–Crippen MR) is 63.6 cm³/mol. The second kappa shape index (κ2) is 6.62. The van der Waals surface area contributed by atoms with Crippen molar-refractivity contribution < 1.29 is 0 Å². The maximum absolute atomic E-state index is 4.02. The van der Waals surface area contributed by atoms with Gasteiger partial charge in [0.25, 0.3) is 0 Å². The van der Waals surface area contributed by atoms with Crippen LogP contribution in [-0.2, 0) is 6.54 Å². The van der Waals surface area contributed by atoms with E-state index in [0.29, 0.717) is 0 Å². The second-order valence-electron chi connectivity index (χ2n) is 4.04. The highest BCUT2D eigenvalue weighted by Crippen LogP contribution is 2.17. The molecule has 0 amide bonds. The van der Waals surface area contributed by atoms with Crippen LogP contribution in [-0.4, -0.2) is 28.0 Å². The lowest BCUT2D eigenvalue weighted by Gasteiger charge is -2.29. The summed E-state index contributed by atoms with van der Waals surface area (Å²) in [6, 6.07) is 0. The van der Waals surface area contributed by atoms with Gasteiger partial charge in [0.1, 0.15) is 0 Å². The van der Waals surface area contributed by atoms with E-state index in [1.54, 1.807) is 6.33 Å². The Morgan fingerprint density at radius 2 is 2.07 bits per heavy atom. The van der Waals surface area contributed by atoms with Gasteiger partial charge in [0.2, 0.25) is 0 Å². The fourth-order valence-corrected chi connectivity index (χ4v) is 1.83. The van der Waals surface area contributed by atoms with Crippen LogP contribution < -0.4 is 0 Å². The fraction of sp³-hybridized carbons (Fsp3) is 0.750. The minimum atomic E-state index is 0.915. The molecule has 1 aromatic rings. The standard InChI is InChI=1S/C10H17N3.C2H6/c1-9-2-4-13(5-3-9)7-10-6-11-8-12-10;1-2/h6,8-9H,2-5,7H2,1H3,(H,11,12);1-2H3. The number of piperidine rings is 1. The van der Waals surface area contributed by atoms with Crippen LogP contribution in [0.3, 0.4) is 0 Å². The first-order valence-corrected chi connectivity index (χ1v) is 6.04. The van der Waals surface area contributed by atoms with E-state index in [2.05, 4.69) is 21.8 Å². The van der Waals surface area contributed by atoms with Crippen molar-refractivity contribution in [3.63, 3.8) is 0 Å². The van der Waals surface area contributed by atoms with E-state index >= 15 is 0 Å². The molecule has 1 saturated heterocycles. The van der Waals surface area contributed by atoms with Crippen LogP contribution in [0.25, 0.3) is 0 Å². The van der Waals surface area contributed by atoms with Gasteiger partial charge in [0, 0.05) is 18.4 Å². The number of H-pyrrole nitrogens is 1. The Kier molecular flexibility index (Phi) is 5.40.